The Morgan fingerprint density at radius 1 is 1.53 bits per heavy atom. The van der Waals surface area contributed by atoms with Crippen LogP contribution in [-0.4, -0.2) is 36.1 Å². The van der Waals surface area contributed by atoms with Gasteiger partial charge in [-0.25, -0.2) is 0 Å². The second-order valence-corrected chi connectivity index (χ2v) is 3.90. The Morgan fingerprint density at radius 2 is 2.29 bits per heavy atom. The third-order valence-corrected chi connectivity index (χ3v) is 2.56. The molecule has 0 aliphatic carbocycles. The monoisotopic (exact) mass is 251 g/mol. The van der Waals surface area contributed by atoms with Crippen LogP contribution in [0.25, 0.3) is 0 Å². The van der Waals surface area contributed by atoms with Crippen molar-refractivity contribution < 1.29 is 22.4 Å². The van der Waals surface area contributed by atoms with E-state index in [0.29, 0.717) is 13.0 Å². The summed E-state index contributed by atoms with van der Waals surface area (Å²) >= 11 is 0. The van der Waals surface area contributed by atoms with Crippen molar-refractivity contribution in [2.75, 3.05) is 13.7 Å². The van der Waals surface area contributed by atoms with E-state index in [4.69, 9.17) is 9.26 Å². The number of nitrogens with one attached hydrogen (secondary N) is 1. The fourth-order valence-corrected chi connectivity index (χ4v) is 1.73. The van der Waals surface area contributed by atoms with Crippen molar-refractivity contribution in [2.24, 2.45) is 0 Å². The topological polar surface area (TPSA) is 60.2 Å². The summed E-state index contributed by atoms with van der Waals surface area (Å²) in [6, 6.07) is -0.227. The molecule has 0 saturated carbocycles. The first-order chi connectivity index (χ1) is 7.98. The average Bonchev–Trinajstić information content (AvgIpc) is 2.82. The zero-order valence-corrected chi connectivity index (χ0v) is 9.12. The normalized spacial score (nSPS) is 25.4. The lowest BCUT2D eigenvalue weighted by Gasteiger charge is -2.04. The maximum Gasteiger partial charge on any atom is 0.396 e. The molecule has 0 aromatic carbocycles. The minimum Gasteiger partial charge on any atom is -0.380 e. The van der Waals surface area contributed by atoms with E-state index in [-0.39, 0.29) is 23.9 Å². The molecule has 0 amide bonds. The van der Waals surface area contributed by atoms with Gasteiger partial charge in [0, 0.05) is 13.7 Å². The number of hydrogen-bond acceptors (Lipinski definition) is 5. The van der Waals surface area contributed by atoms with E-state index >= 15 is 0 Å². The Balaban J connectivity index is 1.99. The summed E-state index contributed by atoms with van der Waals surface area (Å²) in [5.41, 5.74) is 0. The minimum absolute atomic E-state index is 0.0259. The summed E-state index contributed by atoms with van der Waals surface area (Å²) < 4.78 is 46.2. The highest BCUT2D eigenvalue weighted by Gasteiger charge is 2.33. The first-order valence-corrected chi connectivity index (χ1v) is 5.13. The van der Waals surface area contributed by atoms with Gasteiger partial charge in [0.1, 0.15) is 6.42 Å². The molecule has 0 spiro atoms. The fraction of sp³-hybridized carbons (Fsp3) is 0.778. The zero-order chi connectivity index (χ0) is 12.5. The van der Waals surface area contributed by atoms with E-state index < -0.39 is 12.6 Å². The molecule has 0 radical (unpaired) electrons. The number of hydrogen-bond donors (Lipinski definition) is 1. The summed E-state index contributed by atoms with van der Waals surface area (Å²) in [5.74, 6) is -0.154. The molecule has 1 aromatic rings. The van der Waals surface area contributed by atoms with Crippen LogP contribution < -0.4 is 5.32 Å². The molecule has 96 valence electrons. The van der Waals surface area contributed by atoms with Gasteiger partial charge in [-0.15, -0.1) is 0 Å². The molecule has 2 atom stereocenters. The van der Waals surface area contributed by atoms with Crippen LogP contribution >= 0.6 is 0 Å². The second kappa shape index (κ2) is 4.61. The Kier molecular flexibility index (Phi) is 3.34. The number of nitrogens with zero attached hydrogens (tertiary/aromatic N) is 2. The zero-order valence-electron chi connectivity index (χ0n) is 9.12. The van der Waals surface area contributed by atoms with Crippen molar-refractivity contribution in [3.05, 3.63) is 11.7 Å². The molecule has 1 fully saturated rings. The molecule has 1 aromatic heterocycles. The number of alkyl halides is 3. The maximum absolute atomic E-state index is 12.1. The standard InChI is InChI=1S/C9H12F3N3O2/c1-16-5-2-6(13-4-5)8-14-7(15-17-8)3-9(10,11)12/h5-6,13H,2-4H2,1H3/t5-,6+/m0/s1. The van der Waals surface area contributed by atoms with E-state index in [2.05, 4.69) is 15.5 Å². The number of halogens is 3. The Hall–Kier alpha value is -1.15. The minimum atomic E-state index is -4.32. The van der Waals surface area contributed by atoms with Gasteiger partial charge in [-0.05, 0) is 6.42 Å². The van der Waals surface area contributed by atoms with Crippen LogP contribution in [0.5, 0.6) is 0 Å². The lowest BCUT2D eigenvalue weighted by Crippen LogP contribution is -2.16. The quantitative estimate of drug-likeness (QED) is 0.875. The van der Waals surface area contributed by atoms with Crippen molar-refractivity contribution in [3.63, 3.8) is 0 Å². The van der Waals surface area contributed by atoms with Gasteiger partial charge in [-0.2, -0.15) is 18.2 Å². The first-order valence-electron chi connectivity index (χ1n) is 5.13. The SMILES string of the molecule is CO[C@@H]1CN[C@@H](c2nc(CC(F)(F)F)no2)C1. The number of ether oxygens (including phenoxy) is 1. The van der Waals surface area contributed by atoms with Crippen molar-refractivity contribution in [1.82, 2.24) is 15.5 Å². The molecular formula is C9H12F3N3O2. The van der Waals surface area contributed by atoms with Gasteiger partial charge < -0.3 is 14.6 Å². The summed E-state index contributed by atoms with van der Waals surface area (Å²) in [4.78, 5) is 3.73. The number of aromatic nitrogens is 2. The molecule has 1 aliphatic heterocycles. The van der Waals surface area contributed by atoms with Gasteiger partial charge in [-0.3, -0.25) is 0 Å². The third kappa shape index (κ3) is 3.16. The molecule has 2 heterocycles. The molecule has 8 heteroatoms. The first kappa shape index (κ1) is 12.3. The van der Waals surface area contributed by atoms with E-state index in [0.717, 1.165) is 0 Å². The van der Waals surface area contributed by atoms with Crippen molar-refractivity contribution in [1.29, 1.82) is 0 Å². The van der Waals surface area contributed by atoms with E-state index in [9.17, 15) is 13.2 Å². The third-order valence-electron chi connectivity index (χ3n) is 2.56. The average molecular weight is 251 g/mol. The summed E-state index contributed by atoms with van der Waals surface area (Å²) in [6.07, 6.45) is -4.85. The smallest absolute Gasteiger partial charge is 0.380 e. The van der Waals surface area contributed by atoms with Crippen LogP contribution in [-0.2, 0) is 11.2 Å². The van der Waals surface area contributed by atoms with Crippen LogP contribution in [0.1, 0.15) is 24.2 Å². The van der Waals surface area contributed by atoms with Gasteiger partial charge >= 0.3 is 6.18 Å². The summed E-state index contributed by atoms with van der Waals surface area (Å²) in [7, 11) is 1.58. The molecule has 1 saturated heterocycles. The molecule has 5 nitrogen and oxygen atoms in total. The molecular weight excluding hydrogens is 239 g/mol. The highest BCUT2D eigenvalue weighted by Crippen LogP contribution is 2.25. The van der Waals surface area contributed by atoms with Crippen LogP contribution in [0.3, 0.4) is 0 Å². The molecule has 0 bridgehead atoms. The highest BCUT2D eigenvalue weighted by molar-refractivity contribution is 4.98. The van der Waals surface area contributed by atoms with E-state index in [1.807, 2.05) is 0 Å². The summed E-state index contributed by atoms with van der Waals surface area (Å²) in [5, 5.41) is 6.36. The van der Waals surface area contributed by atoms with Crippen molar-refractivity contribution in [2.45, 2.75) is 31.2 Å². The molecule has 0 unspecified atom stereocenters. The number of rotatable bonds is 3. The van der Waals surface area contributed by atoms with Gasteiger partial charge in [0.15, 0.2) is 5.82 Å². The van der Waals surface area contributed by atoms with E-state index in [1.54, 1.807) is 7.11 Å². The molecule has 2 rings (SSSR count). The maximum atomic E-state index is 12.1. The fourth-order valence-electron chi connectivity index (χ4n) is 1.73. The van der Waals surface area contributed by atoms with Gasteiger partial charge in [0.25, 0.3) is 0 Å². The summed E-state index contributed by atoms with van der Waals surface area (Å²) in [6.45, 7) is 0.623. The van der Waals surface area contributed by atoms with E-state index in [1.165, 1.54) is 0 Å². The van der Waals surface area contributed by atoms with Crippen LogP contribution in [0.2, 0.25) is 0 Å². The van der Waals surface area contributed by atoms with Gasteiger partial charge in [0.05, 0.1) is 12.1 Å². The molecule has 1 aliphatic rings. The second-order valence-electron chi connectivity index (χ2n) is 3.90. The Morgan fingerprint density at radius 3 is 2.88 bits per heavy atom. The lowest BCUT2D eigenvalue weighted by molar-refractivity contribution is -0.128. The molecule has 1 N–H and O–H groups in total. The lowest BCUT2D eigenvalue weighted by atomic mass is 10.2. The van der Waals surface area contributed by atoms with Crippen LogP contribution in [0, 0.1) is 0 Å². The number of methoxy groups -OCH3 is 1. The van der Waals surface area contributed by atoms with Crippen molar-refractivity contribution >= 4 is 0 Å². The molecule has 17 heavy (non-hydrogen) atoms. The van der Waals surface area contributed by atoms with Gasteiger partial charge in [-0.1, -0.05) is 5.16 Å². The Bertz CT molecular complexity index is 380. The van der Waals surface area contributed by atoms with Crippen molar-refractivity contribution in [3.8, 4) is 0 Å². The van der Waals surface area contributed by atoms with Gasteiger partial charge in [0.2, 0.25) is 5.89 Å². The largest absolute Gasteiger partial charge is 0.396 e. The van der Waals surface area contributed by atoms with Crippen LogP contribution in [0.15, 0.2) is 4.52 Å². The Labute approximate surface area is 95.3 Å². The predicted octanol–water partition coefficient (Wildman–Crippen LogP) is 1.22. The predicted molar refractivity (Wildman–Crippen MR) is 50.2 cm³/mol. The highest BCUT2D eigenvalue weighted by atomic mass is 19.4. The van der Waals surface area contributed by atoms with Crippen LogP contribution in [0.4, 0.5) is 13.2 Å².